The van der Waals surface area contributed by atoms with Crippen molar-refractivity contribution in [1.29, 1.82) is 0 Å². The summed E-state index contributed by atoms with van der Waals surface area (Å²) in [6, 6.07) is 8.24. The molecule has 1 fully saturated rings. The van der Waals surface area contributed by atoms with Gasteiger partial charge in [0.15, 0.2) is 5.82 Å². The summed E-state index contributed by atoms with van der Waals surface area (Å²) in [7, 11) is 1.67. The van der Waals surface area contributed by atoms with E-state index in [4.69, 9.17) is 24.5 Å². The molecule has 1 saturated heterocycles. The number of methoxy groups -OCH3 is 1. The molecule has 0 bridgehead atoms. The first-order valence-corrected chi connectivity index (χ1v) is 11.4. The molecule has 1 aromatic carbocycles. The third-order valence-corrected chi connectivity index (χ3v) is 5.62. The Bertz CT molecular complexity index is 1050. The van der Waals surface area contributed by atoms with E-state index >= 15 is 0 Å². The number of nitrogens with zero attached hydrogens (tertiary/aromatic N) is 5. The fraction of sp³-hybridized carbons (Fsp3) is 0.522. The van der Waals surface area contributed by atoms with Crippen LogP contribution in [-0.4, -0.2) is 65.7 Å². The minimum absolute atomic E-state index is 0.386. The van der Waals surface area contributed by atoms with Gasteiger partial charge in [0.25, 0.3) is 0 Å². The van der Waals surface area contributed by atoms with Crippen molar-refractivity contribution in [1.82, 2.24) is 25.1 Å². The van der Waals surface area contributed by atoms with E-state index in [1.54, 1.807) is 7.11 Å². The van der Waals surface area contributed by atoms with E-state index in [-0.39, 0.29) is 0 Å². The molecule has 172 valence electrons. The zero-order valence-electron chi connectivity index (χ0n) is 19.4. The first-order chi connectivity index (χ1) is 15.6. The second-order valence-corrected chi connectivity index (χ2v) is 7.95. The Morgan fingerprint density at radius 3 is 2.88 bits per heavy atom. The Morgan fingerprint density at radius 2 is 2.12 bits per heavy atom. The molecule has 2 N–H and O–H groups in total. The van der Waals surface area contributed by atoms with E-state index in [0.717, 1.165) is 66.0 Å². The highest BCUT2D eigenvalue weighted by atomic mass is 16.5. The Labute approximate surface area is 189 Å². The molecular formula is C23H33N7O2. The fourth-order valence-electron chi connectivity index (χ4n) is 4.01. The first-order valence-electron chi connectivity index (χ1n) is 11.4. The lowest BCUT2D eigenvalue weighted by Gasteiger charge is -2.32. The van der Waals surface area contributed by atoms with E-state index in [0.29, 0.717) is 25.8 Å². The number of aromatic nitrogens is 4. The van der Waals surface area contributed by atoms with Gasteiger partial charge in [0, 0.05) is 44.0 Å². The van der Waals surface area contributed by atoms with Gasteiger partial charge in [-0.2, -0.15) is 10.1 Å². The van der Waals surface area contributed by atoms with Gasteiger partial charge >= 0.3 is 0 Å². The Morgan fingerprint density at radius 1 is 1.25 bits per heavy atom. The van der Waals surface area contributed by atoms with Crippen molar-refractivity contribution in [3.8, 4) is 5.75 Å². The maximum atomic E-state index is 5.59. The van der Waals surface area contributed by atoms with Crippen LogP contribution < -0.4 is 20.3 Å². The molecule has 0 radical (unpaired) electrons. The molecular weight excluding hydrogens is 406 g/mol. The Balaban J connectivity index is 1.81. The van der Waals surface area contributed by atoms with Crippen LogP contribution in [0.3, 0.4) is 0 Å². The van der Waals surface area contributed by atoms with Crippen molar-refractivity contribution < 1.29 is 9.47 Å². The molecule has 1 aliphatic heterocycles. The topological polar surface area (TPSA) is 89.4 Å². The molecule has 3 heterocycles. The summed E-state index contributed by atoms with van der Waals surface area (Å²) in [5, 5.41) is 11.8. The van der Waals surface area contributed by atoms with Gasteiger partial charge in [-0.3, -0.25) is 4.68 Å². The van der Waals surface area contributed by atoms with Gasteiger partial charge in [0.2, 0.25) is 5.95 Å². The van der Waals surface area contributed by atoms with Crippen LogP contribution in [0.2, 0.25) is 0 Å². The fourth-order valence-corrected chi connectivity index (χ4v) is 4.01. The number of aryl methyl sites for hydroxylation is 1. The molecule has 9 nitrogen and oxygen atoms in total. The van der Waals surface area contributed by atoms with Gasteiger partial charge in [0.1, 0.15) is 16.8 Å². The van der Waals surface area contributed by atoms with Crippen LogP contribution in [-0.2, 0) is 17.7 Å². The highest BCUT2D eigenvalue weighted by molar-refractivity contribution is 5.90. The number of benzene rings is 1. The summed E-state index contributed by atoms with van der Waals surface area (Å²) in [6.07, 6.45) is 0.797. The Kier molecular flexibility index (Phi) is 7.06. The summed E-state index contributed by atoms with van der Waals surface area (Å²) >= 11 is 0. The number of hydrogen-bond donors (Lipinski definition) is 2. The SMILES string of the molecule is CCOCCn1nc(CC)c2nc(N3CCN[C@H](C)C3)nc(Nc3cccc(OC)c3)c21. The van der Waals surface area contributed by atoms with Crippen LogP contribution in [0.15, 0.2) is 24.3 Å². The van der Waals surface area contributed by atoms with Crippen molar-refractivity contribution in [2.75, 3.05) is 50.2 Å². The molecule has 4 rings (SSSR count). The second kappa shape index (κ2) is 10.1. The monoisotopic (exact) mass is 439 g/mol. The maximum Gasteiger partial charge on any atom is 0.228 e. The number of piperazine rings is 1. The number of hydrogen-bond acceptors (Lipinski definition) is 8. The number of fused-ring (bicyclic) bond motifs is 1. The standard InChI is InChI=1S/C23H33N7O2/c1-5-19-20-21(30(28-19)12-13-32-6-2)22(25-17-8-7-9-18(14-17)31-4)27-23(26-20)29-11-10-24-16(3)15-29/h7-9,14,16,24H,5-6,10-13,15H2,1-4H3,(H,25,26,27)/t16-/m1/s1. The van der Waals surface area contributed by atoms with Gasteiger partial charge < -0.3 is 25.0 Å². The molecule has 1 atom stereocenters. The van der Waals surface area contributed by atoms with Crippen LogP contribution >= 0.6 is 0 Å². The van der Waals surface area contributed by atoms with Gasteiger partial charge in [0.05, 0.1) is 26.0 Å². The molecule has 0 spiro atoms. The lowest BCUT2D eigenvalue weighted by molar-refractivity contribution is 0.137. The highest BCUT2D eigenvalue weighted by Crippen LogP contribution is 2.30. The third kappa shape index (κ3) is 4.78. The lowest BCUT2D eigenvalue weighted by atomic mass is 10.2. The molecule has 0 unspecified atom stereocenters. The zero-order chi connectivity index (χ0) is 22.5. The highest BCUT2D eigenvalue weighted by Gasteiger charge is 2.23. The number of nitrogens with one attached hydrogen (secondary N) is 2. The minimum Gasteiger partial charge on any atom is -0.497 e. The van der Waals surface area contributed by atoms with Gasteiger partial charge in [-0.1, -0.05) is 13.0 Å². The van der Waals surface area contributed by atoms with Gasteiger partial charge in [-0.15, -0.1) is 0 Å². The van der Waals surface area contributed by atoms with Crippen molar-refractivity contribution in [2.24, 2.45) is 0 Å². The molecule has 0 aliphatic carbocycles. The van der Waals surface area contributed by atoms with Crippen LogP contribution in [0.4, 0.5) is 17.5 Å². The molecule has 1 aliphatic rings. The quantitative estimate of drug-likeness (QED) is 0.492. The summed E-state index contributed by atoms with van der Waals surface area (Å²) in [4.78, 5) is 12.2. The lowest BCUT2D eigenvalue weighted by Crippen LogP contribution is -2.49. The molecule has 3 aromatic rings. The number of rotatable bonds is 9. The van der Waals surface area contributed by atoms with E-state index in [1.807, 2.05) is 35.9 Å². The number of anilines is 3. The molecule has 0 amide bonds. The van der Waals surface area contributed by atoms with Crippen LogP contribution in [0, 0.1) is 0 Å². The first kappa shape index (κ1) is 22.3. The molecule has 2 aromatic heterocycles. The second-order valence-electron chi connectivity index (χ2n) is 7.95. The van der Waals surface area contributed by atoms with Crippen molar-refractivity contribution >= 4 is 28.5 Å². The zero-order valence-corrected chi connectivity index (χ0v) is 19.4. The smallest absolute Gasteiger partial charge is 0.228 e. The number of ether oxygens (including phenoxy) is 2. The average Bonchev–Trinajstić information content (AvgIpc) is 3.17. The van der Waals surface area contributed by atoms with E-state index < -0.39 is 0 Å². The predicted octanol–water partition coefficient (Wildman–Crippen LogP) is 2.98. The summed E-state index contributed by atoms with van der Waals surface area (Å²) in [6.45, 7) is 10.8. The third-order valence-electron chi connectivity index (χ3n) is 5.62. The summed E-state index contributed by atoms with van der Waals surface area (Å²) in [5.41, 5.74) is 3.67. The molecule has 0 saturated carbocycles. The van der Waals surface area contributed by atoms with Crippen LogP contribution in [0.5, 0.6) is 5.75 Å². The van der Waals surface area contributed by atoms with Crippen LogP contribution in [0.25, 0.3) is 11.0 Å². The van der Waals surface area contributed by atoms with Gasteiger partial charge in [-0.05, 0) is 32.4 Å². The molecule has 9 heteroatoms. The Hall–Kier alpha value is -2.91. The normalized spacial score (nSPS) is 16.5. The van der Waals surface area contributed by atoms with Crippen molar-refractivity contribution in [2.45, 2.75) is 39.8 Å². The van der Waals surface area contributed by atoms with Crippen LogP contribution in [0.1, 0.15) is 26.5 Å². The minimum atomic E-state index is 0.386. The maximum absolute atomic E-state index is 5.59. The summed E-state index contributed by atoms with van der Waals surface area (Å²) < 4.78 is 13.0. The van der Waals surface area contributed by atoms with Crippen molar-refractivity contribution in [3.05, 3.63) is 30.0 Å². The largest absolute Gasteiger partial charge is 0.497 e. The summed E-state index contributed by atoms with van der Waals surface area (Å²) in [5.74, 6) is 2.26. The average molecular weight is 440 g/mol. The predicted molar refractivity (Wildman–Crippen MR) is 127 cm³/mol. The van der Waals surface area contributed by atoms with Crippen molar-refractivity contribution in [3.63, 3.8) is 0 Å². The van der Waals surface area contributed by atoms with E-state index in [2.05, 4.69) is 29.4 Å². The molecule has 32 heavy (non-hydrogen) atoms. The van der Waals surface area contributed by atoms with E-state index in [9.17, 15) is 0 Å². The van der Waals surface area contributed by atoms with Gasteiger partial charge in [-0.25, -0.2) is 4.98 Å². The van der Waals surface area contributed by atoms with E-state index in [1.165, 1.54) is 0 Å².